The Balaban J connectivity index is 1.74. The lowest BCUT2D eigenvalue weighted by molar-refractivity contribution is 0.670. The summed E-state index contributed by atoms with van der Waals surface area (Å²) in [7, 11) is 0. The second-order valence-corrected chi connectivity index (χ2v) is 8.69. The van der Waals surface area contributed by atoms with Crippen molar-refractivity contribution in [1.82, 2.24) is 9.97 Å². The van der Waals surface area contributed by atoms with Gasteiger partial charge in [-0.1, -0.05) is 76.2 Å². The highest BCUT2D eigenvalue weighted by atomic mass is 16.3. The molecule has 0 unspecified atom stereocenters. The maximum absolute atomic E-state index is 6.25. The predicted molar refractivity (Wildman–Crippen MR) is 128 cm³/mol. The highest BCUT2D eigenvalue weighted by Crippen LogP contribution is 2.38. The van der Waals surface area contributed by atoms with Gasteiger partial charge in [0.2, 0.25) is 0 Å². The van der Waals surface area contributed by atoms with Gasteiger partial charge in [-0.15, -0.1) is 0 Å². The second kappa shape index (κ2) is 7.66. The molecule has 3 nitrogen and oxygen atoms in total. The van der Waals surface area contributed by atoms with Crippen LogP contribution in [0.4, 0.5) is 0 Å². The van der Waals surface area contributed by atoms with Crippen LogP contribution in [0.1, 0.15) is 50.7 Å². The molecule has 0 spiro atoms. The van der Waals surface area contributed by atoms with Crippen LogP contribution < -0.4 is 0 Å². The number of hydrogen-bond acceptors (Lipinski definition) is 3. The summed E-state index contributed by atoms with van der Waals surface area (Å²) in [4.78, 5) is 9.34. The molecule has 2 aromatic heterocycles. The van der Waals surface area contributed by atoms with E-state index in [9.17, 15) is 0 Å². The number of hydrogen-bond donors (Lipinski definition) is 0. The van der Waals surface area contributed by atoms with Crippen molar-refractivity contribution in [1.29, 1.82) is 0 Å². The van der Waals surface area contributed by atoms with Crippen molar-refractivity contribution in [2.24, 2.45) is 0 Å². The molecule has 3 aromatic carbocycles. The zero-order valence-corrected chi connectivity index (χ0v) is 18.4. The molecule has 0 fully saturated rings. The molecular weight excluding hydrogens is 380 g/mol. The Kier molecular flexibility index (Phi) is 4.82. The van der Waals surface area contributed by atoms with E-state index in [0.29, 0.717) is 11.8 Å². The van der Waals surface area contributed by atoms with Crippen molar-refractivity contribution in [2.75, 3.05) is 0 Å². The normalized spacial score (nSPS) is 11.8. The summed E-state index contributed by atoms with van der Waals surface area (Å²) in [5, 5.41) is 2.24. The number of nitrogens with zero attached hydrogens (tertiary/aromatic N) is 2. The van der Waals surface area contributed by atoms with Gasteiger partial charge in [-0.05, 0) is 41.2 Å². The lowest BCUT2D eigenvalue weighted by Gasteiger charge is -2.19. The van der Waals surface area contributed by atoms with Gasteiger partial charge in [-0.3, -0.25) is 0 Å². The first-order valence-corrected chi connectivity index (χ1v) is 10.9. The Hall–Kier alpha value is -3.46. The molecular formula is C28H26N2O. The van der Waals surface area contributed by atoms with Crippen molar-refractivity contribution >= 4 is 21.9 Å². The third-order valence-electron chi connectivity index (χ3n) is 5.98. The van der Waals surface area contributed by atoms with E-state index in [1.54, 1.807) is 6.33 Å². The number of para-hydroxylation sites is 2. The smallest absolute Gasteiger partial charge is 0.144 e. The summed E-state index contributed by atoms with van der Waals surface area (Å²) in [5.74, 6) is 0.817. The van der Waals surface area contributed by atoms with E-state index in [0.717, 1.165) is 38.9 Å². The van der Waals surface area contributed by atoms with E-state index in [4.69, 9.17) is 9.40 Å². The molecule has 31 heavy (non-hydrogen) atoms. The van der Waals surface area contributed by atoms with Gasteiger partial charge in [0.15, 0.2) is 0 Å². The van der Waals surface area contributed by atoms with E-state index >= 15 is 0 Å². The van der Waals surface area contributed by atoms with Gasteiger partial charge in [-0.25, -0.2) is 9.97 Å². The van der Waals surface area contributed by atoms with E-state index < -0.39 is 0 Å². The molecule has 5 rings (SSSR count). The minimum atomic E-state index is 0.408. The highest BCUT2D eigenvalue weighted by molar-refractivity contribution is 6.09. The van der Waals surface area contributed by atoms with Crippen molar-refractivity contribution in [3.8, 4) is 22.5 Å². The Morgan fingerprint density at radius 1 is 0.677 bits per heavy atom. The number of aromatic nitrogens is 2. The van der Waals surface area contributed by atoms with Gasteiger partial charge in [0.25, 0.3) is 0 Å². The largest absolute Gasteiger partial charge is 0.455 e. The minimum Gasteiger partial charge on any atom is -0.455 e. The highest BCUT2D eigenvalue weighted by Gasteiger charge is 2.18. The molecule has 0 N–H and O–H groups in total. The van der Waals surface area contributed by atoms with Crippen LogP contribution in [0.15, 0.2) is 77.5 Å². The van der Waals surface area contributed by atoms with Gasteiger partial charge >= 0.3 is 0 Å². The van der Waals surface area contributed by atoms with Gasteiger partial charge in [-0.2, -0.15) is 0 Å². The molecule has 0 radical (unpaired) electrons. The zero-order valence-electron chi connectivity index (χ0n) is 18.4. The molecule has 0 saturated carbocycles. The quantitative estimate of drug-likeness (QED) is 0.304. The summed E-state index contributed by atoms with van der Waals surface area (Å²) in [6.45, 7) is 8.95. The van der Waals surface area contributed by atoms with Crippen LogP contribution >= 0.6 is 0 Å². The Morgan fingerprint density at radius 3 is 2.06 bits per heavy atom. The first-order valence-electron chi connectivity index (χ1n) is 10.9. The van der Waals surface area contributed by atoms with Crippen molar-refractivity contribution in [3.63, 3.8) is 0 Å². The molecule has 0 saturated heterocycles. The predicted octanol–water partition coefficient (Wildman–Crippen LogP) is 7.96. The lowest BCUT2D eigenvalue weighted by Crippen LogP contribution is -2.01. The van der Waals surface area contributed by atoms with Crippen LogP contribution in [0.3, 0.4) is 0 Å². The van der Waals surface area contributed by atoms with Gasteiger partial charge < -0.3 is 4.42 Å². The first-order chi connectivity index (χ1) is 15.0. The number of benzene rings is 3. The molecule has 0 aliphatic heterocycles. The number of fused-ring (bicyclic) bond motifs is 3. The van der Waals surface area contributed by atoms with Crippen LogP contribution in [0, 0.1) is 0 Å². The molecule has 0 atom stereocenters. The average molecular weight is 407 g/mol. The third-order valence-corrected chi connectivity index (χ3v) is 5.98. The maximum atomic E-state index is 6.25. The molecule has 154 valence electrons. The second-order valence-electron chi connectivity index (χ2n) is 8.69. The van der Waals surface area contributed by atoms with Crippen molar-refractivity contribution < 1.29 is 4.42 Å². The van der Waals surface area contributed by atoms with E-state index in [2.05, 4.69) is 81.2 Å². The fourth-order valence-electron chi connectivity index (χ4n) is 4.44. The molecule has 5 aromatic rings. The molecule has 0 aliphatic carbocycles. The summed E-state index contributed by atoms with van der Waals surface area (Å²) < 4.78 is 6.25. The fourth-order valence-corrected chi connectivity index (χ4v) is 4.44. The summed E-state index contributed by atoms with van der Waals surface area (Å²) in [6, 6.07) is 23.1. The van der Waals surface area contributed by atoms with Gasteiger partial charge in [0.05, 0.1) is 11.4 Å². The lowest BCUT2D eigenvalue weighted by atomic mass is 9.86. The minimum absolute atomic E-state index is 0.408. The third kappa shape index (κ3) is 3.31. The Morgan fingerprint density at radius 2 is 1.32 bits per heavy atom. The maximum Gasteiger partial charge on any atom is 0.144 e. The van der Waals surface area contributed by atoms with Gasteiger partial charge in [0, 0.05) is 21.9 Å². The average Bonchev–Trinajstić information content (AvgIpc) is 3.17. The summed E-state index contributed by atoms with van der Waals surface area (Å²) in [5.41, 5.74) is 8.46. The van der Waals surface area contributed by atoms with E-state index in [1.807, 2.05) is 18.2 Å². The molecule has 0 aliphatic rings. The SMILES string of the molecule is CC(C)c1cccc(C(C)C)c1-c1cc(-c2cccc3c2oc2ccccc23)ncn1. The van der Waals surface area contributed by atoms with Crippen LogP contribution in [0.2, 0.25) is 0 Å². The van der Waals surface area contributed by atoms with E-state index in [-0.39, 0.29) is 0 Å². The first kappa shape index (κ1) is 19.5. The van der Waals surface area contributed by atoms with E-state index in [1.165, 1.54) is 16.7 Å². The number of furan rings is 1. The topological polar surface area (TPSA) is 38.9 Å². The molecule has 0 amide bonds. The number of rotatable bonds is 4. The van der Waals surface area contributed by atoms with Crippen LogP contribution in [-0.2, 0) is 0 Å². The molecule has 2 heterocycles. The summed E-state index contributed by atoms with van der Waals surface area (Å²) >= 11 is 0. The van der Waals surface area contributed by atoms with Crippen molar-refractivity contribution in [2.45, 2.75) is 39.5 Å². The zero-order chi connectivity index (χ0) is 21.5. The van der Waals surface area contributed by atoms with Crippen molar-refractivity contribution in [3.05, 3.63) is 84.2 Å². The Bertz CT molecular complexity index is 1370. The molecule has 0 bridgehead atoms. The van der Waals surface area contributed by atoms with Crippen LogP contribution in [0.25, 0.3) is 44.5 Å². The monoisotopic (exact) mass is 406 g/mol. The van der Waals surface area contributed by atoms with Crippen LogP contribution in [-0.4, -0.2) is 9.97 Å². The summed E-state index contributed by atoms with van der Waals surface area (Å²) in [6.07, 6.45) is 1.67. The van der Waals surface area contributed by atoms with Gasteiger partial charge in [0.1, 0.15) is 17.5 Å². The fraction of sp³-hybridized carbons (Fsp3) is 0.214. The molecule has 3 heteroatoms. The standard InChI is InChI=1S/C28H26N2O/c1-17(2)19-10-7-11-20(18(3)4)27(19)25-15-24(29-16-30-25)23-13-8-12-22-21-9-5-6-14-26(21)31-28(22)23/h5-18H,1-4H3. The van der Waals surface area contributed by atoms with Crippen LogP contribution in [0.5, 0.6) is 0 Å². The Labute approximate surface area is 182 Å².